The van der Waals surface area contributed by atoms with Gasteiger partial charge in [0.25, 0.3) is 5.91 Å². The number of nitrogens with one attached hydrogen (secondary N) is 1. The standard InChI is InChI=1S/C13H11BrClF3N4O2/c1-21-11(13(16,17)18)20-22(12(21)24)5-4-19-10(23)8-6-7(14)2-3-9(8)15/h2-3,6H,4-5H2,1H3,(H,19,23). The van der Waals surface area contributed by atoms with Crippen LogP contribution in [0, 0.1) is 0 Å². The Hall–Kier alpha value is -1.81. The minimum absolute atomic E-state index is 0.0874. The van der Waals surface area contributed by atoms with E-state index in [1.807, 2.05) is 0 Å². The van der Waals surface area contributed by atoms with Crippen LogP contribution in [-0.2, 0) is 19.8 Å². The average Bonchev–Trinajstić information content (AvgIpc) is 2.78. The molecular weight excluding hydrogens is 417 g/mol. The van der Waals surface area contributed by atoms with E-state index in [0.717, 1.165) is 7.05 Å². The van der Waals surface area contributed by atoms with Gasteiger partial charge in [-0.2, -0.15) is 13.2 Å². The van der Waals surface area contributed by atoms with Crippen molar-refractivity contribution < 1.29 is 18.0 Å². The molecule has 1 aromatic carbocycles. The van der Waals surface area contributed by atoms with E-state index in [1.165, 1.54) is 12.1 Å². The number of halogens is 5. The van der Waals surface area contributed by atoms with Crippen LogP contribution in [0.25, 0.3) is 0 Å². The van der Waals surface area contributed by atoms with Crippen molar-refractivity contribution >= 4 is 33.4 Å². The molecule has 130 valence electrons. The fourth-order valence-electron chi connectivity index (χ4n) is 1.92. The minimum Gasteiger partial charge on any atom is -0.350 e. The molecule has 0 saturated heterocycles. The van der Waals surface area contributed by atoms with Crippen LogP contribution in [-0.4, -0.2) is 26.8 Å². The third-order valence-corrected chi connectivity index (χ3v) is 3.90. The number of carbonyl (C=O) groups excluding carboxylic acids is 1. The first-order chi connectivity index (χ1) is 11.1. The molecule has 0 fully saturated rings. The van der Waals surface area contributed by atoms with E-state index in [0.29, 0.717) is 13.7 Å². The zero-order valence-corrected chi connectivity index (χ0v) is 14.5. The molecule has 0 atom stereocenters. The third kappa shape index (κ3) is 3.99. The molecule has 6 nitrogen and oxygen atoms in total. The number of rotatable bonds is 4. The second-order valence-corrected chi connectivity index (χ2v) is 6.09. The van der Waals surface area contributed by atoms with E-state index in [4.69, 9.17) is 11.6 Å². The van der Waals surface area contributed by atoms with E-state index in [-0.39, 0.29) is 23.7 Å². The molecular formula is C13H11BrClF3N4O2. The average molecular weight is 428 g/mol. The lowest BCUT2D eigenvalue weighted by molar-refractivity contribution is -0.147. The van der Waals surface area contributed by atoms with Crippen LogP contribution in [0.1, 0.15) is 16.2 Å². The Balaban J connectivity index is 2.06. The number of hydrogen-bond donors (Lipinski definition) is 1. The fraction of sp³-hybridized carbons (Fsp3) is 0.308. The Morgan fingerprint density at radius 2 is 2.08 bits per heavy atom. The summed E-state index contributed by atoms with van der Waals surface area (Å²) in [6.07, 6.45) is -4.73. The number of aromatic nitrogens is 3. The number of benzene rings is 1. The molecule has 2 aromatic rings. The molecule has 2 rings (SSSR count). The molecule has 24 heavy (non-hydrogen) atoms. The SMILES string of the molecule is Cn1c(C(F)(F)F)nn(CCNC(=O)c2cc(Br)ccc2Cl)c1=O. The molecule has 0 aliphatic carbocycles. The van der Waals surface area contributed by atoms with Crippen molar-refractivity contribution in [1.29, 1.82) is 0 Å². The lowest BCUT2D eigenvalue weighted by Crippen LogP contribution is -2.32. The lowest BCUT2D eigenvalue weighted by Gasteiger charge is -2.07. The fourth-order valence-corrected chi connectivity index (χ4v) is 2.49. The van der Waals surface area contributed by atoms with Gasteiger partial charge in [0.1, 0.15) is 0 Å². The van der Waals surface area contributed by atoms with Crippen molar-refractivity contribution in [3.8, 4) is 0 Å². The van der Waals surface area contributed by atoms with E-state index in [2.05, 4.69) is 26.3 Å². The summed E-state index contributed by atoms with van der Waals surface area (Å²) in [7, 11) is 0.981. The summed E-state index contributed by atoms with van der Waals surface area (Å²) < 4.78 is 39.7. The Bertz CT molecular complexity index is 832. The first kappa shape index (κ1) is 18.5. The summed E-state index contributed by atoms with van der Waals surface area (Å²) in [5.41, 5.74) is -0.715. The van der Waals surface area contributed by atoms with Gasteiger partial charge >= 0.3 is 11.9 Å². The number of carbonyl (C=O) groups is 1. The molecule has 1 aromatic heterocycles. The van der Waals surface area contributed by atoms with Gasteiger partial charge in [0.2, 0.25) is 5.82 Å². The highest BCUT2D eigenvalue weighted by atomic mass is 79.9. The number of hydrogen-bond acceptors (Lipinski definition) is 3. The first-order valence-electron chi connectivity index (χ1n) is 6.55. The van der Waals surface area contributed by atoms with Gasteiger partial charge in [-0.05, 0) is 18.2 Å². The van der Waals surface area contributed by atoms with Crippen LogP contribution in [0.15, 0.2) is 27.5 Å². The van der Waals surface area contributed by atoms with Gasteiger partial charge in [-0.1, -0.05) is 27.5 Å². The van der Waals surface area contributed by atoms with E-state index >= 15 is 0 Å². The van der Waals surface area contributed by atoms with Gasteiger partial charge in [0.15, 0.2) is 0 Å². The highest BCUT2D eigenvalue weighted by molar-refractivity contribution is 9.10. The van der Waals surface area contributed by atoms with Crippen molar-refractivity contribution in [3.63, 3.8) is 0 Å². The highest BCUT2D eigenvalue weighted by Gasteiger charge is 2.37. The molecule has 1 amide bonds. The Kier molecular flexibility index (Phi) is 5.38. The smallest absolute Gasteiger partial charge is 0.350 e. The van der Waals surface area contributed by atoms with Crippen molar-refractivity contribution in [3.05, 3.63) is 49.6 Å². The molecule has 0 aliphatic rings. The van der Waals surface area contributed by atoms with Crippen molar-refractivity contribution in [1.82, 2.24) is 19.7 Å². The molecule has 1 heterocycles. The number of nitrogens with zero attached hydrogens (tertiary/aromatic N) is 3. The van der Waals surface area contributed by atoms with Crippen molar-refractivity contribution in [2.75, 3.05) is 6.54 Å². The monoisotopic (exact) mass is 426 g/mol. The quantitative estimate of drug-likeness (QED) is 0.815. The number of alkyl halides is 3. The van der Waals surface area contributed by atoms with Crippen LogP contribution >= 0.6 is 27.5 Å². The third-order valence-electron chi connectivity index (χ3n) is 3.08. The summed E-state index contributed by atoms with van der Waals surface area (Å²) in [5.74, 6) is -1.81. The second-order valence-electron chi connectivity index (χ2n) is 4.77. The highest BCUT2D eigenvalue weighted by Crippen LogP contribution is 2.26. The summed E-state index contributed by atoms with van der Waals surface area (Å²) in [5, 5.41) is 5.94. The normalized spacial score (nSPS) is 11.6. The predicted octanol–water partition coefficient (Wildman–Crippen LogP) is 2.45. The zero-order chi connectivity index (χ0) is 18.1. The van der Waals surface area contributed by atoms with Gasteiger partial charge in [-0.3, -0.25) is 9.36 Å². The minimum atomic E-state index is -4.73. The maximum Gasteiger partial charge on any atom is 0.451 e. The van der Waals surface area contributed by atoms with E-state index < -0.39 is 23.6 Å². The second kappa shape index (κ2) is 6.98. The largest absolute Gasteiger partial charge is 0.451 e. The molecule has 0 saturated carbocycles. The van der Waals surface area contributed by atoms with Gasteiger partial charge < -0.3 is 5.32 Å². The van der Waals surface area contributed by atoms with Crippen molar-refractivity contribution in [2.24, 2.45) is 7.05 Å². The van der Waals surface area contributed by atoms with Crippen molar-refractivity contribution in [2.45, 2.75) is 12.7 Å². The summed E-state index contributed by atoms with van der Waals surface area (Å²) in [4.78, 5) is 23.7. The zero-order valence-electron chi connectivity index (χ0n) is 12.2. The molecule has 0 spiro atoms. The maximum absolute atomic E-state index is 12.7. The topological polar surface area (TPSA) is 68.9 Å². The summed E-state index contributed by atoms with van der Waals surface area (Å²) in [6, 6.07) is 4.69. The Morgan fingerprint density at radius 1 is 1.42 bits per heavy atom. The molecule has 11 heteroatoms. The summed E-state index contributed by atoms with van der Waals surface area (Å²) >= 11 is 9.11. The van der Waals surface area contributed by atoms with Crippen LogP contribution in [0.5, 0.6) is 0 Å². The molecule has 0 unspecified atom stereocenters. The van der Waals surface area contributed by atoms with Crippen LogP contribution < -0.4 is 11.0 Å². The Labute approximate surface area is 147 Å². The maximum atomic E-state index is 12.7. The van der Waals surface area contributed by atoms with Gasteiger partial charge in [-0.25, -0.2) is 9.48 Å². The van der Waals surface area contributed by atoms with Gasteiger partial charge in [0, 0.05) is 18.1 Å². The lowest BCUT2D eigenvalue weighted by atomic mass is 10.2. The van der Waals surface area contributed by atoms with Gasteiger partial charge in [-0.15, -0.1) is 5.10 Å². The van der Waals surface area contributed by atoms with E-state index in [9.17, 15) is 22.8 Å². The molecule has 0 aliphatic heterocycles. The van der Waals surface area contributed by atoms with E-state index in [1.54, 1.807) is 6.07 Å². The molecule has 0 radical (unpaired) electrons. The van der Waals surface area contributed by atoms with Crippen LogP contribution in [0.4, 0.5) is 13.2 Å². The summed E-state index contributed by atoms with van der Waals surface area (Å²) in [6.45, 7) is -0.296. The number of amides is 1. The molecule has 0 bridgehead atoms. The predicted molar refractivity (Wildman–Crippen MR) is 84.0 cm³/mol. The molecule has 1 N–H and O–H groups in total. The van der Waals surface area contributed by atoms with Crippen LogP contribution in [0.3, 0.4) is 0 Å². The van der Waals surface area contributed by atoms with Gasteiger partial charge in [0.05, 0.1) is 17.1 Å². The Morgan fingerprint density at radius 3 is 2.67 bits per heavy atom. The first-order valence-corrected chi connectivity index (χ1v) is 7.72. The van der Waals surface area contributed by atoms with Crippen LogP contribution in [0.2, 0.25) is 5.02 Å².